The summed E-state index contributed by atoms with van der Waals surface area (Å²) in [5.74, 6) is -0.327. The third-order valence-corrected chi connectivity index (χ3v) is 4.47. The number of amides is 1. The molecule has 0 aromatic heterocycles. The summed E-state index contributed by atoms with van der Waals surface area (Å²) in [6.07, 6.45) is 0.474. The fraction of sp³-hybridized carbons (Fsp3) is 0.278. The van der Waals surface area contributed by atoms with E-state index in [1.165, 1.54) is 7.05 Å². The van der Waals surface area contributed by atoms with Gasteiger partial charge in [0.05, 0.1) is 25.9 Å². The number of hydrogen-bond donors (Lipinski definition) is 2. The molecular weight excluding hydrogens is 306 g/mol. The molecule has 3 rings (SSSR count). The van der Waals surface area contributed by atoms with Gasteiger partial charge in [0, 0.05) is 17.7 Å². The largest absolute Gasteiger partial charge is 0.606 e. The summed E-state index contributed by atoms with van der Waals surface area (Å²) in [6.45, 7) is 0.352. The second-order valence-corrected chi connectivity index (χ2v) is 6.01. The summed E-state index contributed by atoms with van der Waals surface area (Å²) >= 11 is 0. The highest BCUT2D eigenvalue weighted by Gasteiger charge is 2.44. The summed E-state index contributed by atoms with van der Waals surface area (Å²) in [5, 5.41) is 26.9. The number of rotatable bonds is 4. The zero-order chi connectivity index (χ0) is 17.2. The van der Waals surface area contributed by atoms with Crippen molar-refractivity contribution in [1.29, 1.82) is 0 Å². The molecule has 24 heavy (non-hydrogen) atoms. The van der Waals surface area contributed by atoms with Gasteiger partial charge < -0.3 is 15.6 Å². The van der Waals surface area contributed by atoms with Gasteiger partial charge in [-0.15, -0.1) is 0 Å². The molecule has 1 aliphatic rings. The number of hydrogen-bond acceptors (Lipinski definition) is 4. The van der Waals surface area contributed by atoms with Gasteiger partial charge in [0.1, 0.15) is 0 Å². The van der Waals surface area contributed by atoms with Crippen LogP contribution in [0, 0.1) is 5.21 Å². The minimum atomic E-state index is -0.767. The fourth-order valence-electron chi connectivity index (χ4n) is 3.15. The highest BCUT2D eigenvalue weighted by Crippen LogP contribution is 2.31. The van der Waals surface area contributed by atoms with Crippen molar-refractivity contribution in [2.24, 2.45) is 0 Å². The van der Waals surface area contributed by atoms with Crippen molar-refractivity contribution in [1.82, 2.24) is 0 Å². The van der Waals surface area contributed by atoms with E-state index in [0.717, 1.165) is 5.69 Å². The number of carbonyl (C=O) groups is 1. The summed E-state index contributed by atoms with van der Waals surface area (Å²) in [4.78, 5) is 12.6. The van der Waals surface area contributed by atoms with Crippen molar-refractivity contribution in [3.63, 3.8) is 0 Å². The van der Waals surface area contributed by atoms with E-state index >= 15 is 0 Å². The lowest BCUT2D eigenvalue weighted by atomic mass is 10.1. The van der Waals surface area contributed by atoms with E-state index in [2.05, 4.69) is 5.32 Å². The number of nitrogens with zero attached hydrogens (tertiary/aromatic N) is 2. The number of aliphatic hydroxyl groups excluding tert-OH is 1. The predicted molar refractivity (Wildman–Crippen MR) is 92.7 cm³/mol. The van der Waals surface area contributed by atoms with Crippen molar-refractivity contribution in [2.45, 2.75) is 19.1 Å². The van der Waals surface area contributed by atoms with Crippen molar-refractivity contribution in [3.8, 4) is 0 Å². The molecule has 2 atom stereocenters. The van der Waals surface area contributed by atoms with E-state index in [0.29, 0.717) is 24.2 Å². The van der Waals surface area contributed by atoms with Crippen molar-refractivity contribution < 1.29 is 14.7 Å². The monoisotopic (exact) mass is 327 g/mol. The molecule has 0 aliphatic carbocycles. The summed E-state index contributed by atoms with van der Waals surface area (Å²) in [6, 6.07) is 15.7. The van der Waals surface area contributed by atoms with Crippen LogP contribution in [-0.4, -0.2) is 35.4 Å². The lowest BCUT2D eigenvalue weighted by molar-refractivity contribution is -0.872. The lowest BCUT2D eigenvalue weighted by Crippen LogP contribution is -2.56. The van der Waals surface area contributed by atoms with Crippen LogP contribution in [0.3, 0.4) is 0 Å². The molecule has 2 aromatic rings. The normalized spacial score (nSPS) is 23.3. The molecule has 126 valence electrons. The van der Waals surface area contributed by atoms with Crippen LogP contribution >= 0.6 is 0 Å². The molecule has 0 bridgehead atoms. The van der Waals surface area contributed by atoms with Crippen LogP contribution in [0.15, 0.2) is 54.6 Å². The van der Waals surface area contributed by atoms with Crippen molar-refractivity contribution in [3.05, 3.63) is 65.4 Å². The first kappa shape index (κ1) is 16.4. The van der Waals surface area contributed by atoms with Crippen LogP contribution in [0.1, 0.15) is 12.0 Å². The molecule has 1 amide bonds. The second kappa shape index (κ2) is 6.60. The minimum absolute atomic E-state index is 0.166. The Hall–Kier alpha value is -2.41. The molecule has 1 heterocycles. The number of hydroxylamine groups is 2. The predicted octanol–water partition coefficient (Wildman–Crippen LogP) is 2.26. The van der Waals surface area contributed by atoms with Crippen LogP contribution in [0.5, 0.6) is 0 Å². The zero-order valence-corrected chi connectivity index (χ0v) is 13.6. The van der Waals surface area contributed by atoms with Crippen molar-refractivity contribution >= 4 is 17.3 Å². The Bertz CT molecular complexity index is 718. The van der Waals surface area contributed by atoms with Crippen LogP contribution in [-0.2, 0) is 11.4 Å². The van der Waals surface area contributed by atoms with Gasteiger partial charge in [0.25, 0.3) is 5.91 Å². The van der Waals surface area contributed by atoms with Crippen LogP contribution in [0.4, 0.5) is 11.4 Å². The number of carbonyl (C=O) groups excluding carboxylic acids is 1. The Balaban J connectivity index is 1.79. The first-order chi connectivity index (χ1) is 11.5. The highest BCUT2D eigenvalue weighted by atomic mass is 16.6. The molecule has 6 nitrogen and oxygen atoms in total. The molecule has 1 aliphatic heterocycles. The zero-order valence-electron chi connectivity index (χ0n) is 13.6. The van der Waals surface area contributed by atoms with E-state index in [9.17, 15) is 15.1 Å². The van der Waals surface area contributed by atoms with Crippen molar-refractivity contribution in [2.75, 3.05) is 23.9 Å². The second-order valence-electron chi connectivity index (χ2n) is 6.01. The van der Waals surface area contributed by atoms with Gasteiger partial charge in [-0.1, -0.05) is 36.4 Å². The number of anilines is 2. The quantitative estimate of drug-likeness (QED) is 0.667. The molecule has 2 N–H and O–H groups in total. The van der Waals surface area contributed by atoms with Gasteiger partial charge in [-0.3, -0.25) is 4.79 Å². The number of nitrogens with one attached hydrogen (secondary N) is 1. The van der Waals surface area contributed by atoms with Gasteiger partial charge >= 0.3 is 0 Å². The first-order valence-electron chi connectivity index (χ1n) is 7.94. The van der Waals surface area contributed by atoms with E-state index in [1.807, 2.05) is 30.3 Å². The van der Waals surface area contributed by atoms with Gasteiger partial charge in [-0.2, -0.15) is 0 Å². The average molecular weight is 327 g/mol. The summed E-state index contributed by atoms with van der Waals surface area (Å²) < 4.78 is -0.767. The Morgan fingerprint density at radius 3 is 2.62 bits per heavy atom. The molecular formula is C18H21N3O3. The number of likely N-dealkylation sites (N-methyl/N-ethyl adjacent to an activating group) is 1. The van der Waals surface area contributed by atoms with E-state index < -0.39 is 10.8 Å². The number of para-hydroxylation sites is 2. The molecule has 0 saturated carbocycles. The van der Waals surface area contributed by atoms with Crippen LogP contribution < -0.4 is 10.3 Å². The number of benzene rings is 2. The molecule has 6 heteroatoms. The highest BCUT2D eigenvalue weighted by molar-refractivity contribution is 5.95. The SMILES string of the molecule is C[N+]1([O-])C(C(=O)Nc2ccccc2CO)CCN1c1ccccc1. The Morgan fingerprint density at radius 2 is 1.92 bits per heavy atom. The molecule has 1 fully saturated rings. The Morgan fingerprint density at radius 1 is 1.25 bits per heavy atom. The topological polar surface area (TPSA) is 75.6 Å². The molecule has 2 aromatic carbocycles. The van der Waals surface area contributed by atoms with Crippen LogP contribution in [0.2, 0.25) is 0 Å². The van der Waals surface area contributed by atoms with E-state index in [-0.39, 0.29) is 12.5 Å². The number of aliphatic hydroxyl groups is 1. The summed E-state index contributed by atoms with van der Waals surface area (Å²) in [5.41, 5.74) is 1.98. The maximum Gasteiger partial charge on any atom is 0.285 e. The van der Waals surface area contributed by atoms with Gasteiger partial charge in [-0.25, -0.2) is 9.76 Å². The fourth-order valence-corrected chi connectivity index (χ4v) is 3.15. The van der Waals surface area contributed by atoms with Gasteiger partial charge in [0.15, 0.2) is 6.04 Å². The third-order valence-electron chi connectivity index (χ3n) is 4.47. The average Bonchev–Trinajstić information content (AvgIpc) is 2.91. The smallest absolute Gasteiger partial charge is 0.285 e. The van der Waals surface area contributed by atoms with Gasteiger partial charge in [0.2, 0.25) is 0 Å². The van der Waals surface area contributed by atoms with E-state index in [4.69, 9.17) is 0 Å². The van der Waals surface area contributed by atoms with Crippen LogP contribution in [0.25, 0.3) is 0 Å². The standard InChI is InChI=1S/C18H21N3O3/c1-21(24)17(11-12-20(21)15-8-3-2-4-9-15)18(23)19-16-10-6-5-7-14(16)13-22/h2-10,17,22H,11-13H2,1H3,(H,19,23). The molecule has 2 unspecified atom stereocenters. The Kier molecular flexibility index (Phi) is 4.53. The summed E-state index contributed by atoms with van der Waals surface area (Å²) in [7, 11) is 1.50. The molecule has 1 saturated heterocycles. The number of quaternary nitrogens is 1. The minimum Gasteiger partial charge on any atom is -0.606 e. The third kappa shape index (κ3) is 2.99. The maximum atomic E-state index is 13.1. The van der Waals surface area contributed by atoms with Gasteiger partial charge in [-0.05, 0) is 18.2 Å². The maximum absolute atomic E-state index is 13.1. The molecule has 0 radical (unpaired) electrons. The lowest BCUT2D eigenvalue weighted by Gasteiger charge is -2.45. The first-order valence-corrected chi connectivity index (χ1v) is 7.94. The Labute approximate surface area is 141 Å². The molecule has 0 spiro atoms. The van der Waals surface area contributed by atoms with E-state index in [1.54, 1.807) is 29.3 Å².